The third-order valence-electron chi connectivity index (χ3n) is 3.79. The van der Waals surface area contributed by atoms with Gasteiger partial charge in [-0.1, -0.05) is 30.0 Å². The molecule has 0 N–H and O–H groups in total. The number of hydrogen-bond donors (Lipinski definition) is 0. The maximum absolute atomic E-state index is 12.2. The first-order valence-electron chi connectivity index (χ1n) is 7.97. The second-order valence-corrected chi connectivity index (χ2v) is 6.71. The number of nitrogens with zero attached hydrogens (tertiary/aromatic N) is 2. The summed E-state index contributed by atoms with van der Waals surface area (Å²) in [5, 5.41) is 6.29. The Morgan fingerprint density at radius 2 is 1.57 bits per heavy atom. The van der Waals surface area contributed by atoms with Crippen LogP contribution in [0.15, 0.2) is 69.5 Å². The summed E-state index contributed by atoms with van der Waals surface area (Å²) in [6.45, 7) is 1.91. The molecular formula is C19H20N2OS. The van der Waals surface area contributed by atoms with E-state index in [2.05, 4.69) is 17.2 Å². The number of rotatable bonds is 5. The van der Waals surface area contributed by atoms with Crippen molar-refractivity contribution in [3.63, 3.8) is 0 Å². The second kappa shape index (κ2) is 7.97. The number of Topliss-reactive ketones (excluding diaryl/α,β-unsaturated/α-hetero) is 1. The van der Waals surface area contributed by atoms with Crippen LogP contribution in [-0.4, -0.2) is 30.1 Å². The van der Waals surface area contributed by atoms with Crippen LogP contribution >= 0.6 is 11.8 Å². The second-order valence-electron chi connectivity index (χ2n) is 5.56. The van der Waals surface area contributed by atoms with Crippen LogP contribution in [0, 0.1) is 0 Å². The largest absolute Gasteiger partial charge is 0.297 e. The maximum atomic E-state index is 12.2. The minimum atomic E-state index is -0.0353. The summed E-state index contributed by atoms with van der Waals surface area (Å²) >= 11 is 1.69. The van der Waals surface area contributed by atoms with Gasteiger partial charge in [0.05, 0.1) is 6.21 Å². The van der Waals surface area contributed by atoms with Crippen LogP contribution in [0.3, 0.4) is 0 Å². The smallest absolute Gasteiger partial charge is 0.205 e. The first kappa shape index (κ1) is 15.8. The van der Waals surface area contributed by atoms with Gasteiger partial charge in [-0.05, 0) is 55.7 Å². The van der Waals surface area contributed by atoms with E-state index < -0.39 is 0 Å². The highest BCUT2D eigenvalue weighted by molar-refractivity contribution is 7.99. The SMILES string of the molecule is O=C(C=NN1CCCCC1)c1ccc(Sc2ccccc2)cc1. The summed E-state index contributed by atoms with van der Waals surface area (Å²) in [4.78, 5) is 14.5. The molecule has 1 aliphatic rings. The molecule has 0 amide bonds. The molecule has 0 spiro atoms. The number of hydrazone groups is 1. The van der Waals surface area contributed by atoms with Gasteiger partial charge in [-0.2, -0.15) is 5.10 Å². The summed E-state index contributed by atoms with van der Waals surface area (Å²) in [6, 6.07) is 17.9. The van der Waals surface area contributed by atoms with E-state index in [1.807, 2.05) is 47.5 Å². The molecule has 0 unspecified atom stereocenters. The van der Waals surface area contributed by atoms with E-state index in [1.54, 1.807) is 11.8 Å². The minimum absolute atomic E-state index is 0.0353. The van der Waals surface area contributed by atoms with Crippen LogP contribution in [0.2, 0.25) is 0 Å². The Balaban J connectivity index is 1.60. The fourth-order valence-corrected chi connectivity index (χ4v) is 3.35. The van der Waals surface area contributed by atoms with E-state index >= 15 is 0 Å². The zero-order valence-corrected chi connectivity index (χ0v) is 13.8. The van der Waals surface area contributed by atoms with E-state index in [4.69, 9.17) is 0 Å². The Morgan fingerprint density at radius 1 is 0.913 bits per heavy atom. The van der Waals surface area contributed by atoms with Crippen molar-refractivity contribution >= 4 is 23.8 Å². The standard InChI is InChI=1S/C19H20N2OS/c22-19(15-20-21-13-5-2-6-14-21)16-9-11-18(12-10-16)23-17-7-3-1-4-8-17/h1,3-4,7-12,15H,2,5-6,13-14H2. The van der Waals surface area contributed by atoms with Crippen LogP contribution in [0.5, 0.6) is 0 Å². The molecule has 0 radical (unpaired) electrons. The average molecular weight is 324 g/mol. The van der Waals surface area contributed by atoms with Crippen LogP contribution in [0.4, 0.5) is 0 Å². The van der Waals surface area contributed by atoms with Gasteiger partial charge in [-0.15, -0.1) is 0 Å². The molecule has 1 aliphatic heterocycles. The Morgan fingerprint density at radius 3 is 2.26 bits per heavy atom. The van der Waals surface area contributed by atoms with Gasteiger partial charge in [0, 0.05) is 28.4 Å². The molecule has 2 aromatic carbocycles. The number of ketones is 1. The molecular weight excluding hydrogens is 304 g/mol. The molecule has 0 bridgehead atoms. The van der Waals surface area contributed by atoms with E-state index in [-0.39, 0.29) is 5.78 Å². The Hall–Kier alpha value is -2.07. The predicted octanol–water partition coefficient (Wildman–Crippen LogP) is 4.49. The molecule has 0 saturated carbocycles. The van der Waals surface area contributed by atoms with Crippen LogP contribution < -0.4 is 0 Å². The highest BCUT2D eigenvalue weighted by Crippen LogP contribution is 2.27. The molecule has 0 atom stereocenters. The molecule has 1 fully saturated rings. The van der Waals surface area contributed by atoms with Crippen molar-refractivity contribution in [1.29, 1.82) is 0 Å². The van der Waals surface area contributed by atoms with E-state index in [0.717, 1.165) is 30.8 Å². The zero-order valence-electron chi connectivity index (χ0n) is 13.0. The van der Waals surface area contributed by atoms with E-state index in [0.29, 0.717) is 5.56 Å². The number of benzene rings is 2. The molecule has 4 heteroatoms. The van der Waals surface area contributed by atoms with Crippen molar-refractivity contribution in [3.8, 4) is 0 Å². The molecule has 118 valence electrons. The maximum Gasteiger partial charge on any atom is 0.205 e. The van der Waals surface area contributed by atoms with Crippen molar-refractivity contribution in [2.75, 3.05) is 13.1 Å². The van der Waals surface area contributed by atoms with Crippen molar-refractivity contribution in [1.82, 2.24) is 5.01 Å². The topological polar surface area (TPSA) is 32.7 Å². The third kappa shape index (κ3) is 4.70. The summed E-state index contributed by atoms with van der Waals surface area (Å²) in [5.74, 6) is -0.0353. The van der Waals surface area contributed by atoms with Gasteiger partial charge in [-0.3, -0.25) is 9.80 Å². The monoisotopic (exact) mass is 324 g/mol. The number of hydrogen-bond acceptors (Lipinski definition) is 4. The van der Waals surface area contributed by atoms with Crippen molar-refractivity contribution in [2.24, 2.45) is 5.10 Å². The lowest BCUT2D eigenvalue weighted by Gasteiger charge is -2.22. The number of carbonyl (C=O) groups is 1. The summed E-state index contributed by atoms with van der Waals surface area (Å²) in [5.41, 5.74) is 0.683. The lowest BCUT2D eigenvalue weighted by Crippen LogP contribution is -2.25. The lowest BCUT2D eigenvalue weighted by molar-refractivity contribution is 0.106. The predicted molar refractivity (Wildman–Crippen MR) is 95.3 cm³/mol. The van der Waals surface area contributed by atoms with Crippen LogP contribution in [0.25, 0.3) is 0 Å². The van der Waals surface area contributed by atoms with Gasteiger partial charge in [0.25, 0.3) is 0 Å². The van der Waals surface area contributed by atoms with Crippen molar-refractivity contribution in [2.45, 2.75) is 29.1 Å². The highest BCUT2D eigenvalue weighted by atomic mass is 32.2. The van der Waals surface area contributed by atoms with Gasteiger partial charge >= 0.3 is 0 Å². The normalized spacial score (nSPS) is 15.0. The summed E-state index contributed by atoms with van der Waals surface area (Å²) in [7, 11) is 0. The average Bonchev–Trinajstić information content (AvgIpc) is 2.62. The summed E-state index contributed by atoms with van der Waals surface area (Å²) in [6.07, 6.45) is 5.04. The Bertz CT molecular complexity index is 662. The highest BCUT2D eigenvalue weighted by Gasteiger charge is 2.08. The zero-order chi connectivity index (χ0) is 15.9. The van der Waals surface area contributed by atoms with E-state index in [1.165, 1.54) is 17.5 Å². The Kier molecular flexibility index (Phi) is 5.48. The lowest BCUT2D eigenvalue weighted by atomic mass is 10.1. The van der Waals surface area contributed by atoms with Crippen LogP contribution in [0.1, 0.15) is 29.6 Å². The molecule has 3 nitrogen and oxygen atoms in total. The summed E-state index contributed by atoms with van der Waals surface area (Å²) < 4.78 is 0. The van der Waals surface area contributed by atoms with Crippen LogP contribution in [-0.2, 0) is 0 Å². The van der Waals surface area contributed by atoms with Gasteiger partial charge < -0.3 is 0 Å². The molecule has 0 aromatic heterocycles. The molecule has 1 saturated heterocycles. The quantitative estimate of drug-likeness (QED) is 0.600. The van der Waals surface area contributed by atoms with Gasteiger partial charge in [0.15, 0.2) is 0 Å². The Labute approximate surface area is 141 Å². The van der Waals surface area contributed by atoms with Gasteiger partial charge in [0.1, 0.15) is 0 Å². The number of carbonyl (C=O) groups excluding carboxylic acids is 1. The first-order valence-corrected chi connectivity index (χ1v) is 8.79. The molecule has 3 rings (SSSR count). The minimum Gasteiger partial charge on any atom is -0.297 e. The number of piperidine rings is 1. The first-order chi connectivity index (χ1) is 11.3. The van der Waals surface area contributed by atoms with Crippen molar-refractivity contribution in [3.05, 3.63) is 60.2 Å². The molecule has 1 heterocycles. The van der Waals surface area contributed by atoms with Crippen molar-refractivity contribution < 1.29 is 4.79 Å². The fraction of sp³-hybridized carbons (Fsp3) is 0.263. The molecule has 0 aliphatic carbocycles. The van der Waals surface area contributed by atoms with Gasteiger partial charge in [0.2, 0.25) is 5.78 Å². The fourth-order valence-electron chi connectivity index (χ4n) is 2.51. The molecule has 2 aromatic rings. The third-order valence-corrected chi connectivity index (χ3v) is 4.80. The van der Waals surface area contributed by atoms with Gasteiger partial charge in [-0.25, -0.2) is 0 Å². The van der Waals surface area contributed by atoms with E-state index in [9.17, 15) is 4.79 Å². The molecule has 23 heavy (non-hydrogen) atoms.